The maximum Gasteiger partial charge on any atom is 0.293 e. The van der Waals surface area contributed by atoms with E-state index in [1.807, 2.05) is 13.0 Å². The molecule has 2 atom stereocenters. The van der Waals surface area contributed by atoms with Crippen LogP contribution in [0.5, 0.6) is 0 Å². The predicted molar refractivity (Wildman–Crippen MR) is 84.5 cm³/mol. The van der Waals surface area contributed by atoms with Crippen molar-refractivity contribution in [3.63, 3.8) is 0 Å². The largest absolute Gasteiger partial charge is 0.378 e. The molecule has 0 heterocycles. The van der Waals surface area contributed by atoms with Crippen LogP contribution in [0.3, 0.4) is 0 Å². The SMILES string of the molecule is CCOC1CC(Nc2ccc(Br)cc2[N+](=O)[O-])C12CCC2. The number of anilines is 1. The van der Waals surface area contributed by atoms with Crippen molar-refractivity contribution in [3.05, 3.63) is 32.8 Å². The first-order valence-electron chi connectivity index (χ1n) is 7.39. The molecule has 2 aliphatic rings. The summed E-state index contributed by atoms with van der Waals surface area (Å²) in [5.41, 5.74) is 0.921. The van der Waals surface area contributed by atoms with Crippen molar-refractivity contribution in [2.24, 2.45) is 5.41 Å². The van der Waals surface area contributed by atoms with Crippen LogP contribution >= 0.6 is 15.9 Å². The molecule has 0 amide bonds. The van der Waals surface area contributed by atoms with Crippen LogP contribution < -0.4 is 5.32 Å². The fraction of sp³-hybridized carbons (Fsp3) is 0.600. The van der Waals surface area contributed by atoms with Crippen molar-refractivity contribution in [1.29, 1.82) is 0 Å². The van der Waals surface area contributed by atoms with Gasteiger partial charge in [-0.1, -0.05) is 22.4 Å². The van der Waals surface area contributed by atoms with Gasteiger partial charge >= 0.3 is 0 Å². The Labute approximate surface area is 132 Å². The van der Waals surface area contributed by atoms with Crippen LogP contribution in [0, 0.1) is 15.5 Å². The summed E-state index contributed by atoms with van der Waals surface area (Å²) in [7, 11) is 0. The van der Waals surface area contributed by atoms with Crippen molar-refractivity contribution in [2.75, 3.05) is 11.9 Å². The minimum absolute atomic E-state index is 0.124. The molecule has 21 heavy (non-hydrogen) atoms. The topological polar surface area (TPSA) is 64.4 Å². The Morgan fingerprint density at radius 3 is 2.86 bits per heavy atom. The second kappa shape index (κ2) is 5.57. The summed E-state index contributed by atoms with van der Waals surface area (Å²) in [6.07, 6.45) is 4.77. The molecule has 1 spiro atoms. The normalized spacial score (nSPS) is 26.0. The standard InChI is InChI=1S/C15H19BrN2O3/c1-2-21-14-9-13(15(14)6-3-7-15)17-11-5-4-10(16)8-12(11)18(19)20/h4-5,8,13-14,17H,2-3,6-7,9H2,1H3. The Bertz CT molecular complexity index is 560. The van der Waals surface area contributed by atoms with Gasteiger partial charge in [0.25, 0.3) is 5.69 Å². The van der Waals surface area contributed by atoms with E-state index in [4.69, 9.17) is 4.74 Å². The molecule has 2 unspecified atom stereocenters. The summed E-state index contributed by atoms with van der Waals surface area (Å²) in [5.74, 6) is 0. The van der Waals surface area contributed by atoms with E-state index in [0.717, 1.165) is 30.3 Å². The van der Waals surface area contributed by atoms with E-state index >= 15 is 0 Å². The lowest BCUT2D eigenvalue weighted by molar-refractivity contribution is -0.384. The predicted octanol–water partition coefficient (Wildman–Crippen LogP) is 4.12. The van der Waals surface area contributed by atoms with Gasteiger partial charge in [-0.25, -0.2) is 0 Å². The molecule has 2 aliphatic carbocycles. The van der Waals surface area contributed by atoms with Gasteiger partial charge in [0.15, 0.2) is 0 Å². The summed E-state index contributed by atoms with van der Waals surface area (Å²) in [4.78, 5) is 10.9. The van der Waals surface area contributed by atoms with Gasteiger partial charge in [0.1, 0.15) is 5.69 Å². The average molecular weight is 355 g/mol. The fourth-order valence-electron chi connectivity index (χ4n) is 3.61. The van der Waals surface area contributed by atoms with E-state index in [1.165, 1.54) is 6.42 Å². The highest BCUT2D eigenvalue weighted by Crippen LogP contribution is 2.58. The van der Waals surface area contributed by atoms with E-state index in [-0.39, 0.29) is 22.1 Å². The highest BCUT2D eigenvalue weighted by molar-refractivity contribution is 9.10. The number of nitro benzene ring substituents is 1. The summed E-state index contributed by atoms with van der Waals surface area (Å²) in [5, 5.41) is 14.6. The van der Waals surface area contributed by atoms with Crippen molar-refractivity contribution < 1.29 is 9.66 Å². The third kappa shape index (κ3) is 2.44. The zero-order valence-electron chi connectivity index (χ0n) is 12.0. The van der Waals surface area contributed by atoms with E-state index in [1.54, 1.807) is 12.1 Å². The molecule has 2 saturated carbocycles. The molecule has 0 aromatic heterocycles. The van der Waals surface area contributed by atoms with Crippen LogP contribution in [0.2, 0.25) is 0 Å². The van der Waals surface area contributed by atoms with Crippen molar-refractivity contribution in [3.8, 4) is 0 Å². The summed E-state index contributed by atoms with van der Waals surface area (Å²) in [6, 6.07) is 5.45. The Balaban J connectivity index is 1.77. The number of halogens is 1. The monoisotopic (exact) mass is 354 g/mol. The molecule has 5 nitrogen and oxygen atoms in total. The molecule has 6 heteroatoms. The number of benzene rings is 1. The molecule has 1 aromatic carbocycles. The second-order valence-corrected chi connectivity index (χ2v) is 6.80. The first kappa shape index (κ1) is 14.8. The summed E-state index contributed by atoms with van der Waals surface area (Å²) < 4.78 is 6.54. The lowest BCUT2D eigenvalue weighted by Crippen LogP contribution is -2.64. The highest BCUT2D eigenvalue weighted by atomic mass is 79.9. The number of nitro groups is 1. The molecule has 1 aromatic rings. The summed E-state index contributed by atoms with van der Waals surface area (Å²) in [6.45, 7) is 2.75. The van der Waals surface area contributed by atoms with Gasteiger partial charge in [-0.05, 0) is 38.3 Å². The molecule has 2 fully saturated rings. The molecule has 0 radical (unpaired) electrons. The average Bonchev–Trinajstić information content (AvgIpc) is 2.36. The first-order valence-corrected chi connectivity index (χ1v) is 8.18. The maximum atomic E-state index is 11.2. The van der Waals surface area contributed by atoms with Gasteiger partial charge in [0.2, 0.25) is 0 Å². The van der Waals surface area contributed by atoms with Crippen molar-refractivity contribution >= 4 is 27.3 Å². The van der Waals surface area contributed by atoms with Crippen LogP contribution in [0.15, 0.2) is 22.7 Å². The number of nitrogens with zero attached hydrogens (tertiary/aromatic N) is 1. The van der Waals surface area contributed by atoms with E-state index in [2.05, 4.69) is 21.2 Å². The first-order chi connectivity index (χ1) is 10.1. The Kier molecular flexibility index (Phi) is 3.92. The minimum Gasteiger partial charge on any atom is -0.378 e. The van der Waals surface area contributed by atoms with Gasteiger partial charge in [0.05, 0.1) is 11.0 Å². The Morgan fingerprint density at radius 2 is 2.29 bits per heavy atom. The minimum atomic E-state index is -0.334. The van der Waals surface area contributed by atoms with Crippen LogP contribution in [0.4, 0.5) is 11.4 Å². The van der Waals surface area contributed by atoms with Gasteiger partial charge in [0, 0.05) is 28.6 Å². The number of hydrogen-bond acceptors (Lipinski definition) is 4. The number of ether oxygens (including phenoxy) is 1. The third-order valence-electron chi connectivity index (χ3n) is 4.92. The van der Waals surface area contributed by atoms with Crippen molar-refractivity contribution in [2.45, 2.75) is 44.8 Å². The van der Waals surface area contributed by atoms with E-state index in [9.17, 15) is 10.1 Å². The van der Waals surface area contributed by atoms with Gasteiger partial charge in [-0.3, -0.25) is 10.1 Å². The smallest absolute Gasteiger partial charge is 0.293 e. The van der Waals surface area contributed by atoms with E-state index < -0.39 is 0 Å². The van der Waals surface area contributed by atoms with Crippen molar-refractivity contribution in [1.82, 2.24) is 0 Å². The highest BCUT2D eigenvalue weighted by Gasteiger charge is 2.59. The Hall–Kier alpha value is -1.14. The van der Waals surface area contributed by atoms with Gasteiger partial charge in [-0.2, -0.15) is 0 Å². The number of hydrogen-bond donors (Lipinski definition) is 1. The lowest BCUT2D eigenvalue weighted by Gasteiger charge is -2.61. The van der Waals surface area contributed by atoms with Gasteiger partial charge < -0.3 is 10.1 Å². The zero-order chi connectivity index (χ0) is 15.0. The van der Waals surface area contributed by atoms with Crippen LogP contribution in [-0.4, -0.2) is 23.7 Å². The molecule has 1 N–H and O–H groups in total. The molecular weight excluding hydrogens is 336 g/mol. The van der Waals surface area contributed by atoms with Crippen LogP contribution in [-0.2, 0) is 4.74 Å². The summed E-state index contributed by atoms with van der Waals surface area (Å²) >= 11 is 3.29. The van der Waals surface area contributed by atoms with Gasteiger partial charge in [-0.15, -0.1) is 0 Å². The molecule has 0 bridgehead atoms. The quantitative estimate of drug-likeness (QED) is 0.638. The number of rotatable bonds is 5. The molecule has 0 saturated heterocycles. The Morgan fingerprint density at radius 1 is 1.52 bits per heavy atom. The third-order valence-corrected chi connectivity index (χ3v) is 5.42. The molecule has 0 aliphatic heterocycles. The van der Waals surface area contributed by atoms with E-state index in [0.29, 0.717) is 11.8 Å². The van der Waals surface area contributed by atoms with Crippen LogP contribution in [0.1, 0.15) is 32.6 Å². The molecular formula is C15H19BrN2O3. The lowest BCUT2D eigenvalue weighted by atomic mass is 9.51. The van der Waals surface area contributed by atoms with Crippen LogP contribution in [0.25, 0.3) is 0 Å². The number of nitrogens with one attached hydrogen (secondary N) is 1. The zero-order valence-corrected chi connectivity index (χ0v) is 13.6. The molecule has 3 rings (SSSR count). The fourth-order valence-corrected chi connectivity index (χ4v) is 3.96. The maximum absolute atomic E-state index is 11.2. The second-order valence-electron chi connectivity index (χ2n) is 5.88. The molecule has 114 valence electrons.